The van der Waals surface area contributed by atoms with Gasteiger partial charge in [0.1, 0.15) is 32.7 Å². The second kappa shape index (κ2) is 38.6. The summed E-state index contributed by atoms with van der Waals surface area (Å²) in [4.78, 5) is 122. The molecule has 5 aromatic heterocycles. The maximum absolute atomic E-state index is 13.5. The van der Waals surface area contributed by atoms with Crippen LogP contribution in [-0.4, -0.2) is 78.2 Å². The number of hydrogen-bond acceptors (Lipinski definition) is 10. The van der Waals surface area contributed by atoms with E-state index in [1.165, 1.54) is 15.7 Å². The first-order valence-corrected chi connectivity index (χ1v) is 44.5. The van der Waals surface area contributed by atoms with Crippen LogP contribution in [0.15, 0.2) is 235 Å². The molecule has 1 fully saturated rings. The van der Waals surface area contributed by atoms with E-state index in [1.807, 2.05) is 98.8 Å². The molecule has 0 saturated heterocycles. The van der Waals surface area contributed by atoms with Crippen molar-refractivity contribution in [1.82, 2.24) is 22.8 Å². The Balaban J connectivity index is 0.000000131. The smallest absolute Gasteiger partial charge is 0.323 e. The van der Waals surface area contributed by atoms with Gasteiger partial charge in [-0.2, -0.15) is 0 Å². The van der Waals surface area contributed by atoms with Crippen LogP contribution in [0.25, 0.3) is 131 Å². The summed E-state index contributed by atoms with van der Waals surface area (Å²) in [5.74, 6) is -3.64. The highest BCUT2D eigenvalue weighted by molar-refractivity contribution is 9.10. The zero-order chi connectivity index (χ0) is 92.9. The van der Waals surface area contributed by atoms with Gasteiger partial charge in [0.05, 0.1) is 110 Å². The summed E-state index contributed by atoms with van der Waals surface area (Å²) in [6.45, 7) is 11.0. The van der Waals surface area contributed by atoms with Crippen molar-refractivity contribution in [3.63, 3.8) is 0 Å². The summed E-state index contributed by atoms with van der Waals surface area (Å²) < 4.78 is 8.32. The van der Waals surface area contributed by atoms with Gasteiger partial charge in [-0.1, -0.05) is 243 Å². The second-order valence-electron chi connectivity index (χ2n) is 31.8. The lowest BCUT2D eigenvalue weighted by atomic mass is 9.95. The summed E-state index contributed by atoms with van der Waals surface area (Å²) in [6.07, 6.45) is 2.24. The Hall–Kier alpha value is -11.6. The number of halogens is 10. The lowest BCUT2D eigenvalue weighted by Gasteiger charge is -2.18. The molecule has 20 nitrogen and oxygen atoms in total. The maximum Gasteiger partial charge on any atom is 0.323 e. The predicted octanol–water partition coefficient (Wildman–Crippen LogP) is 25.4. The van der Waals surface area contributed by atoms with Crippen LogP contribution >= 0.6 is 120 Å². The van der Waals surface area contributed by atoms with Crippen molar-refractivity contribution in [3.8, 4) is 22.3 Å². The minimum absolute atomic E-state index is 0.125. The summed E-state index contributed by atoms with van der Waals surface area (Å²) in [5.41, 5.74) is 11.7. The molecule has 1 aliphatic rings. The summed E-state index contributed by atoms with van der Waals surface area (Å²) >= 11 is 59.3. The van der Waals surface area contributed by atoms with Crippen LogP contribution in [0.3, 0.4) is 0 Å². The van der Waals surface area contributed by atoms with Crippen molar-refractivity contribution >= 4 is 259 Å². The minimum atomic E-state index is -1.04. The fourth-order valence-electron chi connectivity index (χ4n) is 16.3. The molecule has 0 radical (unpaired) electrons. The van der Waals surface area contributed by atoms with Gasteiger partial charge in [-0.05, 0) is 206 Å². The number of pyridine rings is 5. The molecule has 0 atom stereocenters. The molecule has 0 unspecified atom stereocenters. The van der Waals surface area contributed by atoms with Crippen LogP contribution in [0.5, 0.6) is 0 Å². The van der Waals surface area contributed by atoms with Crippen LogP contribution < -0.4 is 27.1 Å². The molecule has 1 saturated carbocycles. The first-order chi connectivity index (χ1) is 61.4. The highest BCUT2D eigenvalue weighted by atomic mass is 79.9. The van der Waals surface area contributed by atoms with E-state index in [0.29, 0.717) is 141 Å². The predicted molar refractivity (Wildman–Crippen MR) is 525 cm³/mol. The molecule has 5 N–H and O–H groups in total. The number of carbonyl (C=O) groups is 5. The topological polar surface area (TPSA) is 296 Å². The Bertz CT molecular complexity index is 7860. The molecule has 656 valence electrons. The molecular formula is C99H75BrCl9N5O15. The van der Waals surface area contributed by atoms with Gasteiger partial charge in [0.25, 0.3) is 0 Å². The van der Waals surface area contributed by atoms with E-state index in [4.69, 9.17) is 110 Å². The molecular weight excluding hydrogens is 1900 g/mol. The lowest BCUT2D eigenvalue weighted by molar-refractivity contribution is -0.138. The number of benzene rings is 12. The number of carboxylic acids is 5. The van der Waals surface area contributed by atoms with E-state index in [-0.39, 0.29) is 101 Å². The number of hydrogen-bond donors (Lipinski definition) is 5. The largest absolute Gasteiger partial charge is 0.480 e. The standard InChI is InChI=1S/2C24H19Cl2NO3.C18H13Cl2NO3.C18H15Cl2NO3.C15H9BrClNO3/c1-13(2)14-3-5-15(6-4-14)16-7-10-20-18(11-16)24(30)17-8-9-19(25)22(26)23(17)27(20)12-21(28)29;1-13(2)14-6-8-15(9-7-14)16-4-3-5-19-21(16)24(30)17-10-11-18(25)22(26)23(17)27(19)12-20(28)29;19-13-6-5-12-17(16(13)20)21(8-15(22)23)14-7-10(9-1-2-9)3-4-11(14)18(12)24;1-9(2)10-4-3-5-13-15(10)18(24)11-6-7-12(19)16(20)17(11)21(13)8-14(22)23;16-13-10(17)6-5-9-14(13)18(7-12(19)20)11-4-2-1-3-8(11)15(9)21/h2*3-11,13H,12H2,1-2H3,(H,28,29);3-7,9H,1-2,8H2,(H,22,23);3-7,9H,8H2,1-2H3,(H,22,23);1-6H,7H2,(H,19,20). The molecule has 12 aromatic carbocycles. The molecule has 30 heteroatoms. The fourth-order valence-corrected chi connectivity index (χ4v) is 18.7. The number of aliphatic carboxylic acids is 5. The zero-order valence-electron chi connectivity index (χ0n) is 69.2. The number of nitrogens with zero attached hydrogens (tertiary/aromatic N) is 5. The lowest BCUT2D eigenvalue weighted by Crippen LogP contribution is -2.17. The van der Waals surface area contributed by atoms with Crippen LogP contribution in [-0.2, 0) is 56.7 Å². The van der Waals surface area contributed by atoms with Gasteiger partial charge in [-0.25, -0.2) is 0 Å². The molecule has 1 aliphatic carbocycles. The Labute approximate surface area is 787 Å². The molecule has 0 aliphatic heterocycles. The maximum atomic E-state index is 13.5. The van der Waals surface area contributed by atoms with Crippen molar-refractivity contribution in [1.29, 1.82) is 0 Å². The third kappa shape index (κ3) is 18.7. The van der Waals surface area contributed by atoms with Crippen molar-refractivity contribution in [2.24, 2.45) is 0 Å². The minimum Gasteiger partial charge on any atom is -0.480 e. The molecule has 0 amide bonds. The first-order valence-electron chi connectivity index (χ1n) is 40.3. The molecule has 0 spiro atoms. The van der Waals surface area contributed by atoms with Gasteiger partial charge in [-0.3, -0.25) is 47.9 Å². The van der Waals surface area contributed by atoms with Crippen molar-refractivity contribution < 1.29 is 49.5 Å². The molecule has 17 aromatic rings. The number of carboxylic acid groups (broad SMARTS) is 5. The third-order valence-corrected chi connectivity index (χ3v) is 27.1. The van der Waals surface area contributed by atoms with Crippen molar-refractivity contribution in [2.75, 3.05) is 0 Å². The van der Waals surface area contributed by atoms with Crippen LogP contribution in [0.4, 0.5) is 0 Å². The summed E-state index contributed by atoms with van der Waals surface area (Å²) in [7, 11) is 0. The van der Waals surface area contributed by atoms with Gasteiger partial charge in [0.15, 0.2) is 27.1 Å². The Morgan fingerprint density at radius 3 is 1.10 bits per heavy atom. The number of para-hydroxylation sites is 1. The number of aromatic nitrogens is 5. The SMILES string of the molecule is CC(C)c1ccc(-c2ccc3c(c2)c(=O)c2ccc(Cl)c(Cl)c2n3CC(=O)O)cc1.CC(C)c1ccc(-c2cccc3c2c(=O)c2ccc(Cl)c(Cl)c2n3CC(=O)O)cc1.CC(C)c1cccc2c1c(=O)c1ccc(Cl)c(Cl)c1n2CC(=O)O.O=C(O)Cn1c2cc(C3CC3)ccc2c(=O)c2ccc(Cl)c(Cl)c21.O=C(O)Cn1c2ccccc2c(=O)c2ccc(Cl)c(Br)c21. The van der Waals surface area contributed by atoms with Gasteiger partial charge in [0, 0.05) is 48.5 Å². The van der Waals surface area contributed by atoms with Crippen molar-refractivity contribution in [3.05, 3.63) is 329 Å². The fraction of sp³-hybridized carbons (Fsp3) is 0.172. The normalized spacial score (nSPS) is 12.0. The van der Waals surface area contributed by atoms with Gasteiger partial charge < -0.3 is 48.4 Å². The summed E-state index contributed by atoms with van der Waals surface area (Å²) in [6, 6.07) is 61.1. The van der Waals surface area contributed by atoms with E-state index in [0.717, 1.165) is 46.2 Å². The first kappa shape index (κ1) is 93.6. The molecule has 18 rings (SSSR count). The Kier molecular flexibility index (Phi) is 28.0. The highest BCUT2D eigenvalue weighted by Crippen LogP contribution is 2.44. The highest BCUT2D eigenvalue weighted by Gasteiger charge is 2.28. The average molecular weight is 1970 g/mol. The second-order valence-corrected chi connectivity index (χ2v) is 36.1. The van der Waals surface area contributed by atoms with Crippen LogP contribution in [0.1, 0.15) is 100 Å². The van der Waals surface area contributed by atoms with Gasteiger partial charge >= 0.3 is 29.8 Å². The van der Waals surface area contributed by atoms with Crippen LogP contribution in [0, 0.1) is 0 Å². The average Bonchev–Trinajstić information content (AvgIpc) is 1.66. The number of fused-ring (bicyclic) bond motifs is 10. The van der Waals surface area contributed by atoms with Gasteiger partial charge in [0.2, 0.25) is 0 Å². The molecule has 5 heterocycles. The summed E-state index contributed by atoms with van der Waals surface area (Å²) in [5, 5.41) is 53.3. The van der Waals surface area contributed by atoms with E-state index in [9.17, 15) is 68.4 Å². The van der Waals surface area contributed by atoms with Crippen molar-refractivity contribution in [2.45, 2.75) is 111 Å². The molecule has 129 heavy (non-hydrogen) atoms. The van der Waals surface area contributed by atoms with Gasteiger partial charge in [-0.15, -0.1) is 0 Å². The number of rotatable bonds is 16. The van der Waals surface area contributed by atoms with Crippen LogP contribution in [0.2, 0.25) is 45.2 Å². The Morgan fingerprint density at radius 2 is 0.659 bits per heavy atom. The van der Waals surface area contributed by atoms with E-state index < -0.39 is 29.8 Å². The quantitative estimate of drug-likeness (QED) is 0.0562. The van der Waals surface area contributed by atoms with E-state index in [1.54, 1.807) is 127 Å². The molecule has 0 bridgehead atoms. The third-order valence-electron chi connectivity index (χ3n) is 22.5. The zero-order valence-corrected chi connectivity index (χ0v) is 77.6. The Morgan fingerprint density at radius 1 is 0.318 bits per heavy atom. The van der Waals surface area contributed by atoms with E-state index >= 15 is 0 Å². The van der Waals surface area contributed by atoms with E-state index in [2.05, 4.69) is 55.8 Å². The monoisotopic (exact) mass is 1970 g/mol.